The van der Waals surface area contributed by atoms with E-state index < -0.39 is 5.41 Å². The standard InChI is InChI=1S/C41H26S/c1-2-14-28(15-3-1)41(34-20-8-4-16-29(34)30-17-5-9-21-35(30)41)36-22-10-6-18-31(36)32-26-25-27-13-12-24-38-39(27)40(32)33-19-7-11-23-37(33)42-38/h1-26H. The van der Waals surface area contributed by atoms with E-state index in [9.17, 15) is 0 Å². The summed E-state index contributed by atoms with van der Waals surface area (Å²) in [5, 5.41) is 2.65. The van der Waals surface area contributed by atoms with E-state index in [2.05, 4.69) is 158 Å². The number of rotatable bonds is 3. The molecule has 1 heteroatoms. The first-order chi connectivity index (χ1) is 20.9. The van der Waals surface area contributed by atoms with Gasteiger partial charge in [-0.1, -0.05) is 157 Å². The summed E-state index contributed by atoms with van der Waals surface area (Å²) in [4.78, 5) is 2.65. The summed E-state index contributed by atoms with van der Waals surface area (Å²) >= 11 is 1.89. The van der Waals surface area contributed by atoms with Crippen molar-refractivity contribution in [2.45, 2.75) is 15.2 Å². The van der Waals surface area contributed by atoms with Gasteiger partial charge in [-0.15, -0.1) is 0 Å². The number of hydrogen-bond donors (Lipinski definition) is 0. The Hall–Kier alpha value is -4.85. The van der Waals surface area contributed by atoms with Crippen LogP contribution in [0.4, 0.5) is 0 Å². The summed E-state index contributed by atoms with van der Waals surface area (Å²) in [5.41, 5.74) is 12.7. The van der Waals surface area contributed by atoms with Gasteiger partial charge in [0, 0.05) is 15.2 Å². The molecule has 1 heterocycles. The van der Waals surface area contributed by atoms with Gasteiger partial charge < -0.3 is 0 Å². The molecule has 2 aliphatic rings. The highest BCUT2D eigenvalue weighted by Gasteiger charge is 2.47. The minimum atomic E-state index is -0.449. The van der Waals surface area contributed by atoms with Crippen LogP contribution in [0.15, 0.2) is 168 Å². The second kappa shape index (κ2) is 9.08. The van der Waals surface area contributed by atoms with Crippen molar-refractivity contribution >= 4 is 22.5 Å². The van der Waals surface area contributed by atoms with Crippen LogP contribution in [0, 0.1) is 0 Å². The maximum Gasteiger partial charge on any atom is 0.0719 e. The quantitative estimate of drug-likeness (QED) is 0.211. The van der Waals surface area contributed by atoms with Crippen LogP contribution in [0.1, 0.15) is 22.3 Å². The van der Waals surface area contributed by atoms with Gasteiger partial charge in [0.15, 0.2) is 0 Å². The first-order valence-corrected chi connectivity index (χ1v) is 15.3. The Morgan fingerprint density at radius 3 is 1.55 bits per heavy atom. The van der Waals surface area contributed by atoms with Gasteiger partial charge in [0.25, 0.3) is 0 Å². The van der Waals surface area contributed by atoms with E-state index in [1.165, 1.54) is 76.2 Å². The van der Waals surface area contributed by atoms with Crippen LogP contribution < -0.4 is 0 Å². The Morgan fingerprint density at radius 1 is 0.357 bits per heavy atom. The first-order valence-electron chi connectivity index (χ1n) is 14.5. The average molecular weight is 551 g/mol. The summed E-state index contributed by atoms with van der Waals surface area (Å²) in [6.45, 7) is 0. The second-order valence-corrected chi connectivity index (χ2v) is 12.3. The van der Waals surface area contributed by atoms with Crippen molar-refractivity contribution < 1.29 is 0 Å². The molecule has 9 rings (SSSR count). The third-order valence-electron chi connectivity index (χ3n) is 9.16. The van der Waals surface area contributed by atoms with Gasteiger partial charge in [-0.25, -0.2) is 0 Å². The monoisotopic (exact) mass is 550 g/mol. The van der Waals surface area contributed by atoms with Crippen molar-refractivity contribution in [2.75, 3.05) is 0 Å². The van der Waals surface area contributed by atoms with Crippen LogP contribution in [0.3, 0.4) is 0 Å². The molecule has 0 saturated heterocycles. The molecule has 0 N–H and O–H groups in total. The number of hydrogen-bond acceptors (Lipinski definition) is 1. The van der Waals surface area contributed by atoms with Gasteiger partial charge in [-0.3, -0.25) is 0 Å². The predicted octanol–water partition coefficient (Wildman–Crippen LogP) is 11.0. The fraction of sp³-hybridized carbons (Fsp3) is 0.0244. The van der Waals surface area contributed by atoms with Crippen LogP contribution >= 0.6 is 11.8 Å². The summed E-state index contributed by atoms with van der Waals surface area (Å²) in [6.07, 6.45) is 0. The third-order valence-corrected chi connectivity index (χ3v) is 10.3. The molecule has 1 aliphatic carbocycles. The Kier molecular flexibility index (Phi) is 5.15. The van der Waals surface area contributed by atoms with E-state index in [0.29, 0.717) is 0 Å². The molecule has 7 aromatic carbocycles. The number of benzene rings is 7. The highest BCUT2D eigenvalue weighted by molar-refractivity contribution is 7.99. The molecular formula is C41H26S. The largest absolute Gasteiger partial charge is 0.0888 e. The molecule has 0 aromatic heterocycles. The highest BCUT2D eigenvalue weighted by Crippen LogP contribution is 2.59. The van der Waals surface area contributed by atoms with E-state index in [-0.39, 0.29) is 0 Å². The third kappa shape index (κ3) is 3.15. The van der Waals surface area contributed by atoms with Crippen molar-refractivity contribution in [1.82, 2.24) is 0 Å². The molecule has 0 unspecified atom stereocenters. The number of fused-ring (bicyclic) bond motifs is 5. The van der Waals surface area contributed by atoms with Crippen molar-refractivity contribution in [3.63, 3.8) is 0 Å². The van der Waals surface area contributed by atoms with Crippen LogP contribution in [-0.4, -0.2) is 0 Å². The van der Waals surface area contributed by atoms with E-state index in [1.807, 2.05) is 11.8 Å². The van der Waals surface area contributed by atoms with Gasteiger partial charge in [0.1, 0.15) is 0 Å². The van der Waals surface area contributed by atoms with Gasteiger partial charge in [0.2, 0.25) is 0 Å². The lowest BCUT2D eigenvalue weighted by Gasteiger charge is -2.36. The fourth-order valence-electron chi connectivity index (χ4n) is 7.54. The zero-order valence-corrected chi connectivity index (χ0v) is 23.7. The zero-order chi connectivity index (χ0) is 27.7. The zero-order valence-electron chi connectivity index (χ0n) is 22.9. The van der Waals surface area contributed by atoms with Gasteiger partial charge in [0.05, 0.1) is 5.41 Å². The van der Waals surface area contributed by atoms with Crippen LogP contribution in [-0.2, 0) is 5.41 Å². The summed E-state index contributed by atoms with van der Waals surface area (Å²) in [7, 11) is 0. The van der Waals surface area contributed by atoms with Crippen molar-refractivity contribution in [3.05, 3.63) is 180 Å². The van der Waals surface area contributed by atoms with Crippen LogP contribution in [0.25, 0.3) is 44.2 Å². The lowest BCUT2D eigenvalue weighted by molar-refractivity contribution is 0.770. The molecule has 7 aromatic rings. The fourth-order valence-corrected chi connectivity index (χ4v) is 8.67. The molecule has 0 atom stereocenters. The van der Waals surface area contributed by atoms with E-state index in [4.69, 9.17) is 0 Å². The SMILES string of the molecule is c1ccc(C2(c3ccccc3-c3ccc4cccc5c4c3-c3ccccc3S5)c3ccccc3-c3ccccc32)cc1. The Morgan fingerprint density at radius 2 is 0.881 bits per heavy atom. The Labute approximate surface area is 250 Å². The summed E-state index contributed by atoms with van der Waals surface area (Å²) in [5.74, 6) is 0. The van der Waals surface area contributed by atoms with E-state index in [0.717, 1.165) is 0 Å². The molecule has 42 heavy (non-hydrogen) atoms. The van der Waals surface area contributed by atoms with E-state index in [1.54, 1.807) is 0 Å². The topological polar surface area (TPSA) is 0 Å². The first kappa shape index (κ1) is 23.8. The van der Waals surface area contributed by atoms with E-state index >= 15 is 0 Å². The van der Waals surface area contributed by atoms with Gasteiger partial charge in [-0.05, 0) is 73.2 Å². The van der Waals surface area contributed by atoms with Crippen molar-refractivity contribution in [3.8, 4) is 33.4 Å². The smallest absolute Gasteiger partial charge is 0.0719 e. The molecule has 0 amide bonds. The Bertz CT molecular complexity index is 2130. The maximum atomic E-state index is 2.37. The molecule has 0 spiro atoms. The Balaban J connectivity index is 1.44. The molecule has 0 fully saturated rings. The lowest BCUT2D eigenvalue weighted by Crippen LogP contribution is -2.29. The molecule has 0 nitrogen and oxygen atoms in total. The van der Waals surface area contributed by atoms with Gasteiger partial charge in [-0.2, -0.15) is 0 Å². The highest BCUT2D eigenvalue weighted by atomic mass is 32.2. The maximum absolute atomic E-state index is 2.37. The average Bonchev–Trinajstić information content (AvgIpc) is 3.36. The second-order valence-electron chi connectivity index (χ2n) is 11.2. The molecule has 1 aliphatic heterocycles. The van der Waals surface area contributed by atoms with Crippen LogP contribution in [0.5, 0.6) is 0 Å². The molecular weight excluding hydrogens is 525 g/mol. The molecule has 196 valence electrons. The molecule has 0 saturated carbocycles. The normalized spacial score (nSPS) is 13.8. The predicted molar refractivity (Wildman–Crippen MR) is 176 cm³/mol. The minimum absolute atomic E-state index is 0.449. The van der Waals surface area contributed by atoms with Crippen molar-refractivity contribution in [2.24, 2.45) is 0 Å². The molecule has 0 bridgehead atoms. The molecule has 0 radical (unpaired) electrons. The van der Waals surface area contributed by atoms with Crippen molar-refractivity contribution in [1.29, 1.82) is 0 Å². The van der Waals surface area contributed by atoms with Gasteiger partial charge >= 0.3 is 0 Å². The summed E-state index contributed by atoms with van der Waals surface area (Å²) in [6, 6.07) is 58.5. The lowest BCUT2D eigenvalue weighted by atomic mass is 9.65. The summed E-state index contributed by atoms with van der Waals surface area (Å²) < 4.78 is 0. The minimum Gasteiger partial charge on any atom is -0.0888 e. The van der Waals surface area contributed by atoms with Crippen LogP contribution in [0.2, 0.25) is 0 Å².